The Morgan fingerprint density at radius 2 is 2.04 bits per heavy atom. The van der Waals surface area contributed by atoms with Crippen LogP contribution in [0.25, 0.3) is 0 Å². The molecule has 0 fully saturated rings. The minimum absolute atomic E-state index is 0.0578. The van der Waals surface area contributed by atoms with Gasteiger partial charge in [0.15, 0.2) is 4.34 Å². The molecule has 0 aliphatic rings. The molecule has 1 amide bonds. The van der Waals surface area contributed by atoms with Crippen molar-refractivity contribution in [2.24, 2.45) is 0 Å². The molecule has 5 nitrogen and oxygen atoms in total. The van der Waals surface area contributed by atoms with Crippen LogP contribution in [0.3, 0.4) is 0 Å². The number of amides is 1. The first kappa shape index (κ1) is 21.2. The van der Waals surface area contributed by atoms with Gasteiger partial charge in [0, 0.05) is 13.1 Å². The highest BCUT2D eigenvalue weighted by molar-refractivity contribution is 8.01. The number of aromatic nitrogens is 2. The Balaban J connectivity index is 2.00. The van der Waals surface area contributed by atoms with E-state index in [1.165, 1.54) is 30.0 Å². The van der Waals surface area contributed by atoms with Crippen molar-refractivity contribution in [1.29, 1.82) is 0 Å². The second-order valence-corrected chi connectivity index (χ2v) is 7.90. The molecule has 1 aromatic carbocycles. The van der Waals surface area contributed by atoms with Crippen molar-refractivity contribution in [3.63, 3.8) is 0 Å². The lowest BCUT2D eigenvalue weighted by molar-refractivity contribution is -0.137. The third kappa shape index (κ3) is 6.24. The summed E-state index contributed by atoms with van der Waals surface area (Å²) >= 11 is 2.30. The molecule has 0 saturated carbocycles. The average molecular weight is 416 g/mol. The van der Waals surface area contributed by atoms with Crippen molar-refractivity contribution >= 4 is 39.8 Å². The first-order valence-corrected chi connectivity index (χ1v) is 9.82. The van der Waals surface area contributed by atoms with Gasteiger partial charge in [0.2, 0.25) is 11.0 Å². The molecule has 0 radical (unpaired) electrons. The summed E-state index contributed by atoms with van der Waals surface area (Å²) in [5.41, 5.74) is 0.0243. The van der Waals surface area contributed by atoms with E-state index >= 15 is 0 Å². The third-order valence-electron chi connectivity index (χ3n) is 3.39. The third-order valence-corrected chi connectivity index (χ3v) is 5.35. The van der Waals surface area contributed by atoms with Gasteiger partial charge in [-0.15, -0.1) is 10.2 Å². The topological polar surface area (TPSA) is 58.1 Å². The van der Waals surface area contributed by atoms with Gasteiger partial charge in [0.25, 0.3) is 0 Å². The Morgan fingerprint density at radius 3 is 2.67 bits per heavy atom. The Hall–Kier alpha value is -2.07. The number of likely N-dealkylation sites (N-methyl/N-ethyl adjacent to an activating group) is 1. The van der Waals surface area contributed by atoms with Crippen molar-refractivity contribution in [3.8, 4) is 0 Å². The number of hydrogen-bond acceptors (Lipinski definition) is 6. The zero-order valence-electron chi connectivity index (χ0n) is 14.8. The highest BCUT2D eigenvalue weighted by atomic mass is 32.2. The number of para-hydroxylation sites is 1. The molecule has 1 heterocycles. The number of rotatable bonds is 8. The summed E-state index contributed by atoms with van der Waals surface area (Å²) in [5, 5.41) is 10.7. The van der Waals surface area contributed by atoms with Gasteiger partial charge in [-0.25, -0.2) is 0 Å². The van der Waals surface area contributed by atoms with Crippen molar-refractivity contribution in [2.75, 3.05) is 24.2 Å². The van der Waals surface area contributed by atoms with Crippen molar-refractivity contribution in [1.82, 2.24) is 15.1 Å². The van der Waals surface area contributed by atoms with Crippen LogP contribution in [0.5, 0.6) is 0 Å². The molecule has 10 heteroatoms. The minimum Gasteiger partial charge on any atom is -0.338 e. The number of halogens is 3. The fourth-order valence-electron chi connectivity index (χ4n) is 2.19. The quantitative estimate of drug-likeness (QED) is 0.494. The van der Waals surface area contributed by atoms with Crippen LogP contribution in [0, 0.1) is 0 Å². The lowest BCUT2D eigenvalue weighted by atomic mass is 10.2. The van der Waals surface area contributed by atoms with Crippen molar-refractivity contribution in [2.45, 2.75) is 24.4 Å². The molecule has 1 N–H and O–H groups in total. The highest BCUT2D eigenvalue weighted by Gasteiger charge is 2.33. The van der Waals surface area contributed by atoms with E-state index in [0.717, 1.165) is 23.0 Å². The van der Waals surface area contributed by atoms with Crippen molar-refractivity contribution < 1.29 is 18.0 Å². The molecule has 0 bridgehead atoms. The van der Waals surface area contributed by atoms with E-state index < -0.39 is 11.7 Å². The number of hydrogen-bond donors (Lipinski definition) is 1. The van der Waals surface area contributed by atoms with Gasteiger partial charge in [0.1, 0.15) is 0 Å². The van der Waals surface area contributed by atoms with E-state index in [2.05, 4.69) is 22.1 Å². The van der Waals surface area contributed by atoms with Gasteiger partial charge >= 0.3 is 6.18 Å². The smallest absolute Gasteiger partial charge is 0.338 e. The van der Waals surface area contributed by atoms with E-state index in [1.54, 1.807) is 4.90 Å². The fraction of sp³-hybridized carbons (Fsp3) is 0.353. The van der Waals surface area contributed by atoms with E-state index in [1.807, 2.05) is 13.8 Å². The Kier molecular flexibility index (Phi) is 7.25. The first-order valence-electron chi connectivity index (χ1n) is 8.02. The van der Waals surface area contributed by atoms with Crippen LogP contribution in [0.15, 0.2) is 40.8 Å². The number of alkyl halides is 3. The van der Waals surface area contributed by atoms with Crippen LogP contribution in [-0.4, -0.2) is 39.8 Å². The summed E-state index contributed by atoms with van der Waals surface area (Å²) in [6.45, 7) is 8.60. The number of anilines is 2. The van der Waals surface area contributed by atoms with E-state index in [-0.39, 0.29) is 22.5 Å². The zero-order chi connectivity index (χ0) is 20.0. The second-order valence-electron chi connectivity index (χ2n) is 5.70. The van der Waals surface area contributed by atoms with E-state index in [9.17, 15) is 18.0 Å². The summed E-state index contributed by atoms with van der Waals surface area (Å²) < 4.78 is 39.6. The molecule has 2 aromatic rings. The average Bonchev–Trinajstić information content (AvgIpc) is 3.04. The van der Waals surface area contributed by atoms with Gasteiger partial charge in [0.05, 0.1) is 17.0 Å². The number of carbonyl (C=O) groups excluding carboxylic acids is 1. The van der Waals surface area contributed by atoms with Gasteiger partial charge in [-0.05, 0) is 26.0 Å². The summed E-state index contributed by atoms with van der Waals surface area (Å²) in [6.07, 6.45) is -4.47. The maximum Gasteiger partial charge on any atom is 0.418 e. The summed E-state index contributed by atoms with van der Waals surface area (Å²) in [4.78, 5) is 13.9. The fourth-order valence-corrected chi connectivity index (χ4v) is 3.86. The van der Waals surface area contributed by atoms with Gasteiger partial charge in [-0.2, -0.15) is 13.2 Å². The SMILES string of the molecule is C=C(C)CN(CC)C(=O)CSc1nnc(Nc2ccccc2C(F)(F)F)s1. The molecule has 2 rings (SSSR count). The summed E-state index contributed by atoms with van der Waals surface area (Å²) in [7, 11) is 0. The molecule has 0 saturated heterocycles. The Bertz CT molecular complexity index is 807. The highest BCUT2D eigenvalue weighted by Crippen LogP contribution is 2.36. The van der Waals surface area contributed by atoms with Crippen LogP contribution in [0.2, 0.25) is 0 Å². The number of nitrogens with one attached hydrogen (secondary N) is 1. The monoisotopic (exact) mass is 416 g/mol. The van der Waals surface area contributed by atoms with Gasteiger partial charge in [-0.1, -0.05) is 47.4 Å². The zero-order valence-corrected chi connectivity index (χ0v) is 16.5. The first-order chi connectivity index (χ1) is 12.7. The van der Waals surface area contributed by atoms with Gasteiger partial charge in [-0.3, -0.25) is 4.79 Å². The molecule has 1 aromatic heterocycles. The molecule has 146 valence electrons. The van der Waals surface area contributed by atoms with Gasteiger partial charge < -0.3 is 10.2 Å². The van der Waals surface area contributed by atoms with Crippen LogP contribution < -0.4 is 5.32 Å². The summed E-state index contributed by atoms with van der Waals surface area (Å²) in [5.74, 6) is 0.118. The molecule has 0 aliphatic heterocycles. The summed E-state index contributed by atoms with van der Waals surface area (Å²) in [6, 6.07) is 5.16. The maximum absolute atomic E-state index is 13.0. The largest absolute Gasteiger partial charge is 0.418 e. The molecule has 0 atom stereocenters. The standard InChI is InChI=1S/C17H19F3N4OS2/c1-4-24(9-11(2)3)14(25)10-26-16-23-22-15(27-16)21-13-8-6-5-7-12(13)17(18,19)20/h5-8H,2,4,9-10H2,1,3H3,(H,21,22). The number of thioether (sulfide) groups is 1. The Morgan fingerprint density at radius 1 is 1.33 bits per heavy atom. The van der Waals surface area contributed by atoms with E-state index in [0.29, 0.717) is 17.4 Å². The normalized spacial score (nSPS) is 11.3. The molecular weight excluding hydrogens is 397 g/mol. The molecule has 0 unspecified atom stereocenters. The van der Waals surface area contributed by atoms with Crippen LogP contribution in [0.4, 0.5) is 24.0 Å². The molecule has 0 aliphatic carbocycles. The maximum atomic E-state index is 13.0. The molecular formula is C17H19F3N4OS2. The van der Waals surface area contributed by atoms with Crippen molar-refractivity contribution in [3.05, 3.63) is 42.0 Å². The van der Waals surface area contributed by atoms with Crippen LogP contribution >= 0.6 is 23.1 Å². The lowest BCUT2D eigenvalue weighted by Gasteiger charge is -2.20. The van der Waals surface area contributed by atoms with E-state index in [4.69, 9.17) is 0 Å². The Labute approximate surface area is 163 Å². The predicted octanol–water partition coefficient (Wildman–Crippen LogP) is 4.82. The second kappa shape index (κ2) is 9.23. The number of carbonyl (C=O) groups is 1. The number of nitrogens with zero attached hydrogens (tertiary/aromatic N) is 3. The predicted molar refractivity (Wildman–Crippen MR) is 102 cm³/mol. The molecule has 0 spiro atoms. The minimum atomic E-state index is -4.47. The van der Waals surface area contributed by atoms with Crippen LogP contribution in [-0.2, 0) is 11.0 Å². The number of benzene rings is 1. The van der Waals surface area contributed by atoms with Crippen LogP contribution in [0.1, 0.15) is 19.4 Å². The molecule has 27 heavy (non-hydrogen) atoms. The lowest BCUT2D eigenvalue weighted by Crippen LogP contribution is -2.33.